The molecule has 0 saturated heterocycles. The lowest BCUT2D eigenvalue weighted by Gasteiger charge is -2.13. The Labute approximate surface area is 229 Å². The maximum atomic E-state index is 6.37. The molecule has 1 aliphatic carbocycles. The van der Waals surface area contributed by atoms with Crippen molar-refractivity contribution in [3.05, 3.63) is 127 Å². The van der Waals surface area contributed by atoms with E-state index in [0.29, 0.717) is 0 Å². The fraction of sp³-hybridized carbons (Fsp3) is 0. The second-order valence-electron chi connectivity index (χ2n) is 10.9. The zero-order chi connectivity index (χ0) is 25.9. The number of aromatic nitrogens is 1. The van der Waals surface area contributed by atoms with Crippen LogP contribution >= 0.6 is 0 Å². The molecule has 0 atom stereocenters. The van der Waals surface area contributed by atoms with Crippen molar-refractivity contribution < 1.29 is 4.42 Å². The van der Waals surface area contributed by atoms with Crippen molar-refractivity contribution in [2.24, 2.45) is 0 Å². The Kier molecular flexibility index (Phi) is 3.70. The number of para-hydroxylation sites is 1. The van der Waals surface area contributed by atoms with Crippen LogP contribution in [0.2, 0.25) is 0 Å². The lowest BCUT2D eigenvalue weighted by Crippen LogP contribution is -1.96. The topological polar surface area (TPSA) is 18.1 Å². The maximum Gasteiger partial charge on any atom is 0.136 e. The van der Waals surface area contributed by atoms with Crippen LogP contribution < -0.4 is 0 Å². The molecule has 2 nitrogen and oxygen atoms in total. The number of hydrogen-bond acceptors (Lipinski definition) is 1. The highest BCUT2D eigenvalue weighted by Crippen LogP contribution is 2.49. The van der Waals surface area contributed by atoms with E-state index in [1.807, 2.05) is 6.07 Å². The van der Waals surface area contributed by atoms with Crippen LogP contribution in [-0.2, 0) is 0 Å². The molecule has 2 heteroatoms. The summed E-state index contributed by atoms with van der Waals surface area (Å²) in [5.74, 6) is 0. The number of nitrogens with zero attached hydrogens (tertiary/aromatic N) is 1. The van der Waals surface area contributed by atoms with Gasteiger partial charge in [-0.3, -0.25) is 0 Å². The van der Waals surface area contributed by atoms with E-state index in [4.69, 9.17) is 4.42 Å². The van der Waals surface area contributed by atoms with Crippen molar-refractivity contribution >= 4 is 65.3 Å². The van der Waals surface area contributed by atoms with Crippen molar-refractivity contribution in [3.8, 4) is 27.9 Å². The van der Waals surface area contributed by atoms with Gasteiger partial charge in [0.05, 0.1) is 16.7 Å². The van der Waals surface area contributed by atoms with E-state index in [2.05, 4.69) is 126 Å². The van der Waals surface area contributed by atoms with Crippen LogP contribution in [0.1, 0.15) is 0 Å². The molecule has 9 aromatic rings. The summed E-state index contributed by atoms with van der Waals surface area (Å²) in [6.07, 6.45) is 0. The normalized spacial score (nSPS) is 12.5. The molecule has 0 N–H and O–H groups in total. The molecule has 0 aliphatic heterocycles. The predicted molar refractivity (Wildman–Crippen MR) is 168 cm³/mol. The summed E-state index contributed by atoms with van der Waals surface area (Å²) in [6, 6.07) is 46.3. The SMILES string of the molecule is c1ccc2c(c1)-c1cccc3c(-n4c5cc6c(cc5c5c7ccccc7ccc54)oc4ccccc46)ccc-2c13. The molecule has 1 aliphatic rings. The summed E-state index contributed by atoms with van der Waals surface area (Å²) in [7, 11) is 0. The molecule has 2 heterocycles. The van der Waals surface area contributed by atoms with Crippen molar-refractivity contribution in [3.63, 3.8) is 0 Å². The second-order valence-corrected chi connectivity index (χ2v) is 10.9. The third kappa shape index (κ3) is 2.45. The molecule has 0 saturated carbocycles. The molecule has 40 heavy (non-hydrogen) atoms. The van der Waals surface area contributed by atoms with E-state index in [1.54, 1.807) is 0 Å². The Morgan fingerprint density at radius 3 is 2.02 bits per heavy atom. The summed E-state index contributed by atoms with van der Waals surface area (Å²) >= 11 is 0. The molecule has 7 aromatic carbocycles. The minimum absolute atomic E-state index is 0.925. The standard InChI is InChI=1S/C38H21NO/c1-2-9-23-22(8-1)16-18-33-38(23)31-21-36-30(26-12-5-6-15-35(26)40-36)20-34(31)39(33)32-19-17-28-25-11-4-3-10-24(25)27-13-7-14-29(32)37(27)28/h1-21H. The van der Waals surface area contributed by atoms with Gasteiger partial charge >= 0.3 is 0 Å². The van der Waals surface area contributed by atoms with Crippen LogP contribution in [0, 0.1) is 0 Å². The summed E-state index contributed by atoms with van der Waals surface area (Å²) in [5.41, 5.74) is 10.7. The first-order chi connectivity index (χ1) is 19.8. The zero-order valence-electron chi connectivity index (χ0n) is 21.5. The van der Waals surface area contributed by atoms with Crippen LogP contribution in [0.25, 0.3) is 93.2 Å². The van der Waals surface area contributed by atoms with Gasteiger partial charge in [-0.1, -0.05) is 97.1 Å². The Bertz CT molecular complexity index is 2510. The quantitative estimate of drug-likeness (QED) is 0.216. The number of benzene rings is 7. The highest BCUT2D eigenvalue weighted by molar-refractivity contribution is 6.25. The first-order valence-electron chi connectivity index (χ1n) is 13.8. The van der Waals surface area contributed by atoms with E-state index in [1.165, 1.54) is 71.3 Å². The van der Waals surface area contributed by atoms with Gasteiger partial charge in [-0.25, -0.2) is 0 Å². The number of rotatable bonds is 1. The van der Waals surface area contributed by atoms with Gasteiger partial charge in [0.25, 0.3) is 0 Å². The monoisotopic (exact) mass is 507 g/mol. The van der Waals surface area contributed by atoms with Crippen LogP contribution in [0.3, 0.4) is 0 Å². The summed E-state index contributed by atoms with van der Waals surface area (Å²) in [6.45, 7) is 0. The van der Waals surface area contributed by atoms with Gasteiger partial charge in [0.2, 0.25) is 0 Å². The maximum absolute atomic E-state index is 6.37. The van der Waals surface area contributed by atoms with Crippen LogP contribution in [0.5, 0.6) is 0 Å². The number of fused-ring (bicyclic) bond motifs is 11. The molecular formula is C38H21NO. The van der Waals surface area contributed by atoms with E-state index in [9.17, 15) is 0 Å². The van der Waals surface area contributed by atoms with Crippen LogP contribution in [-0.4, -0.2) is 4.57 Å². The van der Waals surface area contributed by atoms with Gasteiger partial charge in [0, 0.05) is 26.9 Å². The highest BCUT2D eigenvalue weighted by atomic mass is 16.3. The fourth-order valence-corrected chi connectivity index (χ4v) is 7.25. The third-order valence-electron chi connectivity index (χ3n) is 8.92. The Hall–Kier alpha value is -5.34. The summed E-state index contributed by atoms with van der Waals surface area (Å²) in [4.78, 5) is 0. The Balaban J connectivity index is 1.42. The second kappa shape index (κ2) is 7.19. The van der Waals surface area contributed by atoms with Gasteiger partial charge in [0.1, 0.15) is 11.2 Å². The largest absolute Gasteiger partial charge is 0.456 e. The molecule has 0 spiro atoms. The van der Waals surface area contributed by atoms with Crippen molar-refractivity contribution in [2.45, 2.75) is 0 Å². The van der Waals surface area contributed by atoms with E-state index < -0.39 is 0 Å². The average Bonchev–Trinajstić information content (AvgIpc) is 3.65. The average molecular weight is 508 g/mol. The lowest BCUT2D eigenvalue weighted by molar-refractivity contribution is 0.669. The lowest BCUT2D eigenvalue weighted by atomic mass is 10.0. The zero-order valence-corrected chi connectivity index (χ0v) is 21.5. The van der Waals surface area contributed by atoms with Gasteiger partial charge < -0.3 is 8.98 Å². The fourth-order valence-electron chi connectivity index (χ4n) is 7.25. The van der Waals surface area contributed by atoms with E-state index in [0.717, 1.165) is 21.9 Å². The molecule has 0 radical (unpaired) electrons. The molecule has 2 aromatic heterocycles. The highest BCUT2D eigenvalue weighted by Gasteiger charge is 2.24. The van der Waals surface area contributed by atoms with Gasteiger partial charge in [-0.15, -0.1) is 0 Å². The summed E-state index contributed by atoms with van der Waals surface area (Å²) in [5, 5.41) is 9.90. The molecule has 0 unspecified atom stereocenters. The Morgan fingerprint density at radius 2 is 1.12 bits per heavy atom. The summed E-state index contributed by atoms with van der Waals surface area (Å²) < 4.78 is 8.85. The van der Waals surface area contributed by atoms with Gasteiger partial charge in [0.15, 0.2) is 0 Å². The van der Waals surface area contributed by atoms with Crippen molar-refractivity contribution in [1.82, 2.24) is 4.57 Å². The predicted octanol–water partition coefficient (Wildman–Crippen LogP) is 10.6. The Morgan fingerprint density at radius 1 is 0.400 bits per heavy atom. The van der Waals surface area contributed by atoms with Gasteiger partial charge in [-0.05, 0) is 68.7 Å². The van der Waals surface area contributed by atoms with Crippen LogP contribution in [0.4, 0.5) is 0 Å². The van der Waals surface area contributed by atoms with E-state index in [-0.39, 0.29) is 0 Å². The smallest absolute Gasteiger partial charge is 0.136 e. The molecule has 0 bridgehead atoms. The molecule has 0 fully saturated rings. The minimum Gasteiger partial charge on any atom is -0.456 e. The van der Waals surface area contributed by atoms with Gasteiger partial charge in [-0.2, -0.15) is 0 Å². The molecule has 184 valence electrons. The first kappa shape index (κ1) is 20.6. The molecule has 0 amide bonds. The van der Waals surface area contributed by atoms with Crippen LogP contribution in [0.15, 0.2) is 132 Å². The van der Waals surface area contributed by atoms with Crippen molar-refractivity contribution in [2.75, 3.05) is 0 Å². The first-order valence-corrected chi connectivity index (χ1v) is 13.8. The number of furan rings is 1. The number of hydrogen-bond donors (Lipinski definition) is 0. The molecule has 10 rings (SSSR count). The van der Waals surface area contributed by atoms with E-state index >= 15 is 0 Å². The van der Waals surface area contributed by atoms with Crippen molar-refractivity contribution in [1.29, 1.82) is 0 Å². The third-order valence-corrected chi connectivity index (χ3v) is 8.92. The minimum atomic E-state index is 0.925. The molecular weight excluding hydrogens is 486 g/mol.